The summed E-state index contributed by atoms with van der Waals surface area (Å²) < 4.78 is 35.5. The number of carbonyl (C=O) groups is 2. The van der Waals surface area contributed by atoms with E-state index in [1.807, 2.05) is 0 Å². The van der Waals surface area contributed by atoms with E-state index in [1.165, 1.54) is 12.3 Å². The summed E-state index contributed by atoms with van der Waals surface area (Å²) >= 11 is 0.949. The molecule has 0 aliphatic carbocycles. The van der Waals surface area contributed by atoms with Crippen molar-refractivity contribution in [2.75, 3.05) is 6.54 Å². The van der Waals surface area contributed by atoms with Gasteiger partial charge in [0.1, 0.15) is 6.54 Å². The van der Waals surface area contributed by atoms with E-state index >= 15 is 0 Å². The number of amides is 1. The smallest absolute Gasteiger partial charge is 0.342 e. The number of hydrogen-bond donors (Lipinski definition) is 1. The lowest BCUT2D eigenvalue weighted by Crippen LogP contribution is -2.33. The second kappa shape index (κ2) is 4.65. The molecular formula is C9H8F3NO2S. The van der Waals surface area contributed by atoms with Gasteiger partial charge in [-0.15, -0.1) is 11.3 Å². The molecule has 0 bridgehead atoms. The minimum atomic E-state index is -4.44. The molecule has 0 fully saturated rings. The second-order valence-electron chi connectivity index (χ2n) is 3.06. The third-order valence-corrected chi connectivity index (χ3v) is 2.96. The molecule has 0 aliphatic heterocycles. The number of hydrogen-bond acceptors (Lipinski definition) is 3. The van der Waals surface area contributed by atoms with Crippen LogP contribution in [0.15, 0.2) is 5.38 Å². The van der Waals surface area contributed by atoms with Crippen molar-refractivity contribution in [1.82, 2.24) is 5.32 Å². The highest BCUT2D eigenvalue weighted by Gasteiger charge is 2.28. The second-order valence-corrected chi connectivity index (χ2v) is 3.94. The molecule has 88 valence electrons. The zero-order valence-electron chi connectivity index (χ0n) is 8.22. The minimum absolute atomic E-state index is 0.131. The van der Waals surface area contributed by atoms with Crippen LogP contribution in [0.5, 0.6) is 0 Å². The lowest BCUT2D eigenvalue weighted by molar-refractivity contribution is -0.123. The summed E-state index contributed by atoms with van der Waals surface area (Å²) in [5, 5.41) is 3.18. The summed E-state index contributed by atoms with van der Waals surface area (Å²) in [7, 11) is 0. The van der Waals surface area contributed by atoms with Crippen molar-refractivity contribution >= 4 is 23.5 Å². The van der Waals surface area contributed by atoms with Crippen LogP contribution in [0.25, 0.3) is 0 Å². The largest absolute Gasteiger partial charge is 0.405 e. The number of halogens is 3. The van der Waals surface area contributed by atoms with E-state index < -0.39 is 18.6 Å². The van der Waals surface area contributed by atoms with E-state index in [-0.39, 0.29) is 4.88 Å². The van der Waals surface area contributed by atoms with Gasteiger partial charge in [0.25, 0.3) is 5.91 Å². The van der Waals surface area contributed by atoms with E-state index in [0.29, 0.717) is 17.4 Å². The van der Waals surface area contributed by atoms with E-state index in [9.17, 15) is 22.8 Å². The monoisotopic (exact) mass is 251 g/mol. The predicted octanol–water partition coefficient (Wildman–Crippen LogP) is 2.16. The maximum absolute atomic E-state index is 11.8. The molecule has 1 aromatic rings. The van der Waals surface area contributed by atoms with Gasteiger partial charge in [0.05, 0.1) is 4.88 Å². The van der Waals surface area contributed by atoms with E-state index in [4.69, 9.17) is 0 Å². The Morgan fingerprint density at radius 2 is 2.19 bits per heavy atom. The van der Waals surface area contributed by atoms with Crippen LogP contribution in [0.4, 0.5) is 13.2 Å². The number of alkyl halides is 3. The van der Waals surface area contributed by atoms with E-state index in [1.54, 1.807) is 5.32 Å². The summed E-state index contributed by atoms with van der Waals surface area (Å²) in [6.07, 6.45) is -3.87. The topological polar surface area (TPSA) is 46.2 Å². The predicted molar refractivity (Wildman–Crippen MR) is 52.8 cm³/mol. The molecule has 1 amide bonds. The van der Waals surface area contributed by atoms with Crippen molar-refractivity contribution in [3.8, 4) is 0 Å². The average molecular weight is 251 g/mol. The molecule has 0 atom stereocenters. The van der Waals surface area contributed by atoms with Crippen LogP contribution >= 0.6 is 11.3 Å². The number of aldehydes is 1. The summed E-state index contributed by atoms with van der Waals surface area (Å²) in [5.74, 6) is -0.812. The van der Waals surface area contributed by atoms with Crippen molar-refractivity contribution in [3.63, 3.8) is 0 Å². The molecule has 1 heterocycles. The van der Waals surface area contributed by atoms with Crippen LogP contribution in [-0.4, -0.2) is 24.9 Å². The molecular weight excluding hydrogens is 243 g/mol. The average Bonchev–Trinajstić information content (AvgIpc) is 2.55. The number of thiophene rings is 1. The zero-order chi connectivity index (χ0) is 12.3. The van der Waals surface area contributed by atoms with Crippen LogP contribution in [0.2, 0.25) is 0 Å². The number of carbonyl (C=O) groups excluding carboxylic acids is 2. The Hall–Kier alpha value is -1.37. The van der Waals surface area contributed by atoms with Crippen molar-refractivity contribution in [1.29, 1.82) is 0 Å². The zero-order valence-corrected chi connectivity index (χ0v) is 9.04. The first-order chi connectivity index (χ1) is 7.35. The van der Waals surface area contributed by atoms with Gasteiger partial charge in [-0.1, -0.05) is 0 Å². The molecule has 0 aromatic carbocycles. The van der Waals surface area contributed by atoms with Crippen molar-refractivity contribution in [2.24, 2.45) is 0 Å². The van der Waals surface area contributed by atoms with Gasteiger partial charge < -0.3 is 5.32 Å². The van der Waals surface area contributed by atoms with Gasteiger partial charge in [0.15, 0.2) is 6.29 Å². The SMILES string of the molecule is Cc1c(C=O)csc1C(=O)NCC(F)(F)F. The number of nitrogens with one attached hydrogen (secondary N) is 1. The first-order valence-corrected chi connectivity index (χ1v) is 5.11. The Morgan fingerprint density at radius 1 is 1.56 bits per heavy atom. The molecule has 0 unspecified atom stereocenters. The van der Waals surface area contributed by atoms with Gasteiger partial charge in [-0.05, 0) is 12.5 Å². The quantitative estimate of drug-likeness (QED) is 0.837. The highest BCUT2D eigenvalue weighted by Crippen LogP contribution is 2.20. The summed E-state index contributed by atoms with van der Waals surface area (Å²) in [5.41, 5.74) is 0.724. The van der Waals surface area contributed by atoms with E-state index in [0.717, 1.165) is 11.3 Å². The van der Waals surface area contributed by atoms with Crippen LogP contribution in [0.3, 0.4) is 0 Å². The van der Waals surface area contributed by atoms with Gasteiger partial charge in [-0.2, -0.15) is 13.2 Å². The fraction of sp³-hybridized carbons (Fsp3) is 0.333. The molecule has 7 heteroatoms. The highest BCUT2D eigenvalue weighted by atomic mass is 32.1. The molecule has 0 saturated carbocycles. The molecule has 0 aliphatic rings. The van der Waals surface area contributed by atoms with Crippen molar-refractivity contribution < 1.29 is 22.8 Å². The Bertz CT molecular complexity index is 411. The molecule has 0 radical (unpaired) electrons. The highest BCUT2D eigenvalue weighted by molar-refractivity contribution is 7.12. The van der Waals surface area contributed by atoms with Crippen molar-refractivity contribution in [2.45, 2.75) is 13.1 Å². The van der Waals surface area contributed by atoms with Crippen LogP contribution in [-0.2, 0) is 0 Å². The van der Waals surface area contributed by atoms with Gasteiger partial charge in [0.2, 0.25) is 0 Å². The first kappa shape index (κ1) is 12.7. The number of rotatable bonds is 3. The molecule has 16 heavy (non-hydrogen) atoms. The third kappa shape index (κ3) is 3.06. The van der Waals surface area contributed by atoms with Crippen molar-refractivity contribution in [3.05, 3.63) is 21.4 Å². The lowest BCUT2D eigenvalue weighted by Gasteiger charge is -2.07. The summed E-state index contributed by atoms with van der Waals surface area (Å²) in [6.45, 7) is 0.141. The summed E-state index contributed by atoms with van der Waals surface area (Å²) in [6, 6.07) is 0. The Kier molecular flexibility index (Phi) is 3.69. The van der Waals surface area contributed by atoms with Crippen LogP contribution in [0.1, 0.15) is 25.6 Å². The molecule has 1 N–H and O–H groups in total. The van der Waals surface area contributed by atoms with Gasteiger partial charge in [-0.3, -0.25) is 9.59 Å². The fourth-order valence-corrected chi connectivity index (χ4v) is 1.98. The minimum Gasteiger partial charge on any atom is -0.342 e. The normalized spacial score (nSPS) is 11.2. The molecule has 1 rings (SSSR count). The lowest BCUT2D eigenvalue weighted by atomic mass is 10.2. The fourth-order valence-electron chi connectivity index (χ4n) is 1.03. The first-order valence-electron chi connectivity index (χ1n) is 4.23. The van der Waals surface area contributed by atoms with E-state index in [2.05, 4.69) is 0 Å². The standard InChI is InChI=1S/C9H8F3NO2S/c1-5-6(2-14)3-16-7(5)8(15)13-4-9(10,11)12/h2-3H,4H2,1H3,(H,13,15). The molecule has 3 nitrogen and oxygen atoms in total. The summed E-state index contributed by atoms with van der Waals surface area (Å²) in [4.78, 5) is 21.9. The van der Waals surface area contributed by atoms with Gasteiger partial charge >= 0.3 is 6.18 Å². The maximum atomic E-state index is 11.8. The Labute approximate surface area is 93.3 Å². The maximum Gasteiger partial charge on any atom is 0.405 e. The van der Waals surface area contributed by atoms with Crippen LogP contribution < -0.4 is 5.32 Å². The molecule has 0 spiro atoms. The van der Waals surface area contributed by atoms with Crippen LogP contribution in [0, 0.1) is 6.92 Å². The Morgan fingerprint density at radius 3 is 2.62 bits per heavy atom. The molecule has 0 saturated heterocycles. The Balaban J connectivity index is 2.74. The molecule has 1 aromatic heterocycles. The third-order valence-electron chi connectivity index (χ3n) is 1.86. The van der Waals surface area contributed by atoms with Gasteiger partial charge in [0, 0.05) is 10.9 Å². The van der Waals surface area contributed by atoms with Gasteiger partial charge in [-0.25, -0.2) is 0 Å².